The fraction of sp³-hybridized carbons (Fsp3) is 0.529. The number of carboxylic acids is 1. The third-order valence-electron chi connectivity index (χ3n) is 4.17. The molecule has 0 saturated carbocycles. The number of amides is 1. The molecule has 1 fully saturated rings. The van der Waals surface area contributed by atoms with Gasteiger partial charge in [-0.3, -0.25) is 9.59 Å². The van der Waals surface area contributed by atoms with Crippen LogP contribution in [-0.2, 0) is 14.3 Å². The van der Waals surface area contributed by atoms with Crippen LogP contribution in [0.4, 0.5) is 4.39 Å². The number of carbonyl (C=O) groups is 2. The number of hydrogen-bond acceptors (Lipinski definition) is 4. The first kappa shape index (κ1) is 18.2. The van der Waals surface area contributed by atoms with E-state index in [2.05, 4.69) is 5.32 Å². The van der Waals surface area contributed by atoms with E-state index in [-0.39, 0.29) is 31.2 Å². The van der Waals surface area contributed by atoms with Crippen molar-refractivity contribution in [3.8, 4) is 5.75 Å². The highest BCUT2D eigenvalue weighted by atomic mass is 19.1. The zero-order chi connectivity index (χ0) is 17.4. The van der Waals surface area contributed by atoms with E-state index in [1.165, 1.54) is 12.1 Å². The highest BCUT2D eigenvalue weighted by Gasteiger charge is 2.40. The van der Waals surface area contributed by atoms with Crippen molar-refractivity contribution >= 4 is 11.9 Å². The lowest BCUT2D eigenvalue weighted by molar-refractivity contribution is -0.154. The van der Waals surface area contributed by atoms with Gasteiger partial charge in [-0.2, -0.15) is 0 Å². The van der Waals surface area contributed by atoms with Gasteiger partial charge in [-0.15, -0.1) is 0 Å². The Morgan fingerprint density at radius 2 is 2.00 bits per heavy atom. The van der Waals surface area contributed by atoms with E-state index >= 15 is 0 Å². The van der Waals surface area contributed by atoms with Crippen molar-refractivity contribution in [3.05, 3.63) is 30.1 Å². The van der Waals surface area contributed by atoms with Gasteiger partial charge in [0.2, 0.25) is 5.91 Å². The minimum absolute atomic E-state index is 0.0959. The Kier molecular flexibility index (Phi) is 6.54. The number of hydrogen-bond donors (Lipinski definition) is 2. The molecule has 2 rings (SSSR count). The van der Waals surface area contributed by atoms with Crippen LogP contribution in [0, 0.1) is 11.2 Å². The van der Waals surface area contributed by atoms with Crippen LogP contribution in [0.3, 0.4) is 0 Å². The fourth-order valence-electron chi connectivity index (χ4n) is 2.56. The number of para-hydroxylation sites is 1. The summed E-state index contributed by atoms with van der Waals surface area (Å²) >= 11 is 0. The van der Waals surface area contributed by atoms with Crippen molar-refractivity contribution in [2.45, 2.75) is 25.7 Å². The molecule has 24 heavy (non-hydrogen) atoms. The van der Waals surface area contributed by atoms with Crippen molar-refractivity contribution in [1.82, 2.24) is 5.32 Å². The van der Waals surface area contributed by atoms with Crippen molar-refractivity contribution in [3.63, 3.8) is 0 Å². The van der Waals surface area contributed by atoms with E-state index in [4.69, 9.17) is 9.47 Å². The van der Waals surface area contributed by atoms with Crippen LogP contribution in [0.5, 0.6) is 5.75 Å². The van der Waals surface area contributed by atoms with Gasteiger partial charge in [0.25, 0.3) is 0 Å². The average molecular weight is 339 g/mol. The number of aliphatic carboxylic acids is 1. The first-order chi connectivity index (χ1) is 11.5. The quantitative estimate of drug-likeness (QED) is 0.708. The van der Waals surface area contributed by atoms with Gasteiger partial charge in [0.05, 0.1) is 12.0 Å². The maximum absolute atomic E-state index is 13.4. The third-order valence-corrected chi connectivity index (χ3v) is 4.17. The molecule has 6 nitrogen and oxygen atoms in total. The van der Waals surface area contributed by atoms with Crippen LogP contribution < -0.4 is 10.1 Å². The minimum atomic E-state index is -0.947. The predicted molar refractivity (Wildman–Crippen MR) is 84.3 cm³/mol. The van der Waals surface area contributed by atoms with Gasteiger partial charge in [0, 0.05) is 26.2 Å². The fourth-order valence-corrected chi connectivity index (χ4v) is 2.56. The van der Waals surface area contributed by atoms with Crippen LogP contribution in [-0.4, -0.2) is 43.3 Å². The molecule has 1 aromatic rings. The van der Waals surface area contributed by atoms with Crippen LogP contribution in [0.2, 0.25) is 0 Å². The second kappa shape index (κ2) is 8.63. The Bertz CT molecular complexity index is 572. The molecule has 7 heteroatoms. The molecule has 0 unspecified atom stereocenters. The lowest BCUT2D eigenvalue weighted by Gasteiger charge is -2.33. The predicted octanol–water partition coefficient (Wildman–Crippen LogP) is 1.98. The molecular weight excluding hydrogens is 317 g/mol. The standard InChI is InChI=1S/C17H22FNO5/c18-13-4-1-2-5-14(13)24-9-3-6-15(20)19-12-17(16(21)22)7-10-23-11-8-17/h1-2,4-5H,3,6-12H2,(H,19,20)(H,21,22). The molecule has 1 amide bonds. The molecule has 132 valence electrons. The molecule has 0 aromatic heterocycles. The van der Waals surface area contributed by atoms with Gasteiger partial charge in [0.1, 0.15) is 0 Å². The number of carbonyl (C=O) groups excluding carboxylic acids is 1. The summed E-state index contributed by atoms with van der Waals surface area (Å²) in [6.45, 7) is 1.09. The van der Waals surface area contributed by atoms with Crippen molar-refractivity contribution < 1.29 is 28.6 Å². The second-order valence-electron chi connectivity index (χ2n) is 5.86. The summed E-state index contributed by atoms with van der Waals surface area (Å²) < 4.78 is 23.8. The highest BCUT2D eigenvalue weighted by Crippen LogP contribution is 2.30. The van der Waals surface area contributed by atoms with Crippen LogP contribution >= 0.6 is 0 Å². The zero-order valence-corrected chi connectivity index (χ0v) is 13.4. The first-order valence-corrected chi connectivity index (χ1v) is 7.99. The minimum Gasteiger partial charge on any atom is -0.491 e. The molecule has 1 saturated heterocycles. The average Bonchev–Trinajstić information content (AvgIpc) is 2.59. The smallest absolute Gasteiger partial charge is 0.311 e. The molecule has 0 radical (unpaired) electrons. The van der Waals surface area contributed by atoms with Crippen molar-refractivity contribution in [2.24, 2.45) is 5.41 Å². The lowest BCUT2D eigenvalue weighted by atomic mass is 9.80. The zero-order valence-electron chi connectivity index (χ0n) is 13.4. The summed E-state index contributed by atoms with van der Waals surface area (Å²) in [6, 6.07) is 6.08. The lowest BCUT2D eigenvalue weighted by Crippen LogP contribution is -2.46. The summed E-state index contributed by atoms with van der Waals surface area (Å²) in [5, 5.41) is 12.1. The van der Waals surface area contributed by atoms with E-state index in [1.54, 1.807) is 12.1 Å². The Morgan fingerprint density at radius 3 is 2.67 bits per heavy atom. The summed E-state index contributed by atoms with van der Waals surface area (Å²) in [5.41, 5.74) is -0.947. The maximum Gasteiger partial charge on any atom is 0.311 e. The molecule has 1 aromatic carbocycles. The molecule has 1 aliphatic heterocycles. The number of carboxylic acid groups (broad SMARTS) is 1. The Balaban J connectivity index is 1.69. The van der Waals surface area contributed by atoms with Gasteiger partial charge < -0.3 is 19.9 Å². The van der Waals surface area contributed by atoms with E-state index in [1.807, 2.05) is 0 Å². The molecule has 0 aliphatic carbocycles. The van der Waals surface area contributed by atoms with Gasteiger partial charge >= 0.3 is 5.97 Å². The Hall–Kier alpha value is -2.15. The molecular formula is C17H22FNO5. The normalized spacial score (nSPS) is 16.4. The van der Waals surface area contributed by atoms with E-state index in [9.17, 15) is 19.1 Å². The number of ether oxygens (including phenoxy) is 2. The van der Waals surface area contributed by atoms with E-state index in [0.29, 0.717) is 32.5 Å². The third kappa shape index (κ3) is 4.92. The summed E-state index contributed by atoms with van der Waals surface area (Å²) in [7, 11) is 0. The maximum atomic E-state index is 13.4. The van der Waals surface area contributed by atoms with Crippen molar-refractivity contribution in [2.75, 3.05) is 26.4 Å². The first-order valence-electron chi connectivity index (χ1n) is 7.99. The largest absolute Gasteiger partial charge is 0.491 e. The molecule has 2 N–H and O–H groups in total. The SMILES string of the molecule is O=C(CCCOc1ccccc1F)NCC1(C(=O)O)CCOCC1. The number of nitrogens with one attached hydrogen (secondary N) is 1. The number of benzene rings is 1. The molecule has 0 bridgehead atoms. The monoisotopic (exact) mass is 339 g/mol. The van der Waals surface area contributed by atoms with Gasteiger partial charge in [-0.05, 0) is 31.4 Å². The highest BCUT2D eigenvalue weighted by molar-refractivity contribution is 5.79. The summed E-state index contributed by atoms with van der Waals surface area (Å²) in [6.07, 6.45) is 1.39. The number of halogens is 1. The van der Waals surface area contributed by atoms with Crippen LogP contribution in [0.15, 0.2) is 24.3 Å². The van der Waals surface area contributed by atoms with Crippen molar-refractivity contribution in [1.29, 1.82) is 0 Å². The second-order valence-corrected chi connectivity index (χ2v) is 5.86. The van der Waals surface area contributed by atoms with Crippen LogP contribution in [0.1, 0.15) is 25.7 Å². The topological polar surface area (TPSA) is 84.9 Å². The van der Waals surface area contributed by atoms with Crippen LogP contribution in [0.25, 0.3) is 0 Å². The van der Waals surface area contributed by atoms with E-state index < -0.39 is 17.2 Å². The molecule has 1 heterocycles. The van der Waals surface area contributed by atoms with E-state index in [0.717, 1.165) is 0 Å². The molecule has 0 atom stereocenters. The van der Waals surface area contributed by atoms with Gasteiger partial charge in [-0.25, -0.2) is 4.39 Å². The Labute approximate surface area is 139 Å². The van der Waals surface area contributed by atoms with Gasteiger partial charge in [-0.1, -0.05) is 12.1 Å². The summed E-state index contributed by atoms with van der Waals surface area (Å²) in [5.74, 6) is -1.43. The number of rotatable bonds is 8. The molecule has 1 aliphatic rings. The van der Waals surface area contributed by atoms with Gasteiger partial charge in [0.15, 0.2) is 11.6 Å². The molecule has 0 spiro atoms. The Morgan fingerprint density at radius 1 is 1.29 bits per heavy atom. The summed E-state index contributed by atoms with van der Waals surface area (Å²) in [4.78, 5) is 23.3.